The summed E-state index contributed by atoms with van der Waals surface area (Å²) in [6, 6.07) is 11.1. The van der Waals surface area contributed by atoms with E-state index in [0.29, 0.717) is 6.04 Å². The second-order valence-corrected chi connectivity index (χ2v) is 5.16. The summed E-state index contributed by atoms with van der Waals surface area (Å²) in [7, 11) is 0. The number of nitrogens with two attached hydrogens (primary N) is 1. The van der Waals surface area contributed by atoms with Gasteiger partial charge in [-0.05, 0) is 43.6 Å². The lowest BCUT2D eigenvalue weighted by atomic mass is 10.0. The van der Waals surface area contributed by atoms with Crippen LogP contribution < -0.4 is 5.73 Å². The topological polar surface area (TPSA) is 26.0 Å². The van der Waals surface area contributed by atoms with E-state index in [-0.39, 0.29) is 0 Å². The summed E-state index contributed by atoms with van der Waals surface area (Å²) in [5.74, 6) is 1.03. The molecule has 2 N–H and O–H groups in total. The van der Waals surface area contributed by atoms with Crippen LogP contribution in [0.25, 0.3) is 0 Å². The quantitative estimate of drug-likeness (QED) is 0.743. The zero-order valence-electron chi connectivity index (χ0n) is 10.1. The van der Waals surface area contributed by atoms with Crippen LogP contribution in [0.15, 0.2) is 30.3 Å². The highest BCUT2D eigenvalue weighted by Gasteiger charge is 2.21. The van der Waals surface area contributed by atoms with Crippen molar-refractivity contribution in [3.05, 3.63) is 35.9 Å². The molecular weight excluding hydrogens is 194 g/mol. The summed E-state index contributed by atoms with van der Waals surface area (Å²) in [5, 5.41) is 0. The molecule has 1 aromatic rings. The van der Waals surface area contributed by atoms with Gasteiger partial charge in [0.2, 0.25) is 0 Å². The molecule has 1 nitrogen and oxygen atoms in total. The van der Waals surface area contributed by atoms with E-state index < -0.39 is 0 Å². The van der Waals surface area contributed by atoms with E-state index in [1.54, 1.807) is 0 Å². The highest BCUT2D eigenvalue weighted by Crippen LogP contribution is 2.33. The van der Waals surface area contributed by atoms with Gasteiger partial charge in [-0.3, -0.25) is 0 Å². The Labute approximate surface area is 99.0 Å². The Morgan fingerprint density at radius 2 is 1.88 bits per heavy atom. The van der Waals surface area contributed by atoms with Crippen LogP contribution in [0, 0.1) is 5.92 Å². The average molecular weight is 217 g/mol. The van der Waals surface area contributed by atoms with E-state index in [2.05, 4.69) is 30.3 Å². The van der Waals surface area contributed by atoms with Crippen molar-refractivity contribution in [1.82, 2.24) is 0 Å². The molecule has 16 heavy (non-hydrogen) atoms. The lowest BCUT2D eigenvalue weighted by Crippen LogP contribution is -2.19. The van der Waals surface area contributed by atoms with Crippen LogP contribution in [0.4, 0.5) is 0 Å². The van der Waals surface area contributed by atoms with Crippen molar-refractivity contribution in [1.29, 1.82) is 0 Å². The van der Waals surface area contributed by atoms with Crippen molar-refractivity contribution < 1.29 is 0 Å². The molecule has 0 aromatic heterocycles. The summed E-state index contributed by atoms with van der Waals surface area (Å²) in [6.45, 7) is 0. The Bertz CT molecular complexity index is 290. The number of rotatable bonds is 7. The molecule has 0 aliphatic heterocycles. The number of hydrogen-bond donors (Lipinski definition) is 1. The second-order valence-electron chi connectivity index (χ2n) is 5.16. The molecule has 88 valence electrons. The van der Waals surface area contributed by atoms with Crippen LogP contribution in [0.5, 0.6) is 0 Å². The number of aryl methyl sites for hydroxylation is 1. The van der Waals surface area contributed by atoms with Crippen molar-refractivity contribution in [2.45, 2.75) is 51.0 Å². The van der Waals surface area contributed by atoms with Gasteiger partial charge in [-0.15, -0.1) is 0 Å². The lowest BCUT2D eigenvalue weighted by Gasteiger charge is -2.10. The third-order valence-electron chi connectivity index (χ3n) is 3.53. The molecule has 0 saturated heterocycles. The molecule has 1 atom stereocenters. The summed E-state index contributed by atoms with van der Waals surface area (Å²) in [4.78, 5) is 0. The molecule has 1 fully saturated rings. The predicted molar refractivity (Wildman–Crippen MR) is 69.3 cm³/mol. The monoisotopic (exact) mass is 217 g/mol. The predicted octanol–water partition coefficient (Wildman–Crippen LogP) is 3.53. The van der Waals surface area contributed by atoms with Crippen molar-refractivity contribution in [2.75, 3.05) is 0 Å². The van der Waals surface area contributed by atoms with Gasteiger partial charge >= 0.3 is 0 Å². The minimum absolute atomic E-state index is 0.435. The van der Waals surface area contributed by atoms with Gasteiger partial charge in [-0.25, -0.2) is 0 Å². The van der Waals surface area contributed by atoms with Gasteiger partial charge in [-0.2, -0.15) is 0 Å². The van der Waals surface area contributed by atoms with E-state index in [4.69, 9.17) is 5.73 Å². The van der Waals surface area contributed by atoms with Gasteiger partial charge in [0, 0.05) is 6.04 Å². The summed E-state index contributed by atoms with van der Waals surface area (Å²) in [6.07, 6.45) is 9.11. The molecule has 0 radical (unpaired) electrons. The molecule has 1 heteroatoms. The first-order valence-corrected chi connectivity index (χ1v) is 6.64. The van der Waals surface area contributed by atoms with Crippen LogP contribution in [0.2, 0.25) is 0 Å². The summed E-state index contributed by atoms with van der Waals surface area (Å²) >= 11 is 0. The van der Waals surface area contributed by atoms with E-state index in [1.807, 2.05) is 0 Å². The summed E-state index contributed by atoms with van der Waals surface area (Å²) in [5.41, 5.74) is 7.56. The maximum absolute atomic E-state index is 6.11. The van der Waals surface area contributed by atoms with Crippen LogP contribution in [-0.4, -0.2) is 6.04 Å². The van der Waals surface area contributed by atoms with Gasteiger partial charge in [0.1, 0.15) is 0 Å². The van der Waals surface area contributed by atoms with Gasteiger partial charge in [-0.1, -0.05) is 43.2 Å². The molecule has 1 unspecified atom stereocenters. The molecule has 2 rings (SSSR count). The molecule has 0 amide bonds. The molecule has 0 bridgehead atoms. The van der Waals surface area contributed by atoms with E-state index >= 15 is 0 Å². The zero-order chi connectivity index (χ0) is 11.2. The Morgan fingerprint density at radius 3 is 2.56 bits per heavy atom. The average Bonchev–Trinajstić information content (AvgIpc) is 3.12. The zero-order valence-corrected chi connectivity index (χ0v) is 10.1. The minimum atomic E-state index is 0.435. The maximum atomic E-state index is 6.11. The first kappa shape index (κ1) is 11.7. The Morgan fingerprint density at radius 1 is 1.12 bits per heavy atom. The number of hydrogen-bond acceptors (Lipinski definition) is 1. The largest absolute Gasteiger partial charge is 0.328 e. The van der Waals surface area contributed by atoms with Crippen molar-refractivity contribution in [2.24, 2.45) is 11.7 Å². The Hall–Kier alpha value is -0.820. The summed E-state index contributed by atoms with van der Waals surface area (Å²) < 4.78 is 0. The third-order valence-corrected chi connectivity index (χ3v) is 3.53. The van der Waals surface area contributed by atoms with Crippen LogP contribution >= 0.6 is 0 Å². The molecule has 0 heterocycles. The first-order chi connectivity index (χ1) is 7.84. The van der Waals surface area contributed by atoms with Crippen LogP contribution in [0.3, 0.4) is 0 Å². The van der Waals surface area contributed by atoms with Crippen LogP contribution in [0.1, 0.15) is 44.1 Å². The molecule has 1 aliphatic rings. The molecule has 1 saturated carbocycles. The van der Waals surface area contributed by atoms with Crippen molar-refractivity contribution in [3.8, 4) is 0 Å². The third kappa shape index (κ3) is 4.36. The molecular formula is C15H23N. The Kier molecular flexibility index (Phi) is 4.41. The fourth-order valence-corrected chi connectivity index (χ4v) is 2.21. The van der Waals surface area contributed by atoms with Crippen molar-refractivity contribution >= 4 is 0 Å². The first-order valence-electron chi connectivity index (χ1n) is 6.64. The smallest absolute Gasteiger partial charge is 0.00390 e. The highest BCUT2D eigenvalue weighted by molar-refractivity contribution is 5.14. The Balaban J connectivity index is 1.56. The molecule has 1 aromatic carbocycles. The second kappa shape index (κ2) is 6.05. The maximum Gasteiger partial charge on any atom is 0.00390 e. The molecule has 0 spiro atoms. The van der Waals surface area contributed by atoms with E-state index in [9.17, 15) is 0 Å². The normalized spacial score (nSPS) is 17.3. The van der Waals surface area contributed by atoms with Gasteiger partial charge in [0.15, 0.2) is 0 Å². The van der Waals surface area contributed by atoms with Gasteiger partial charge < -0.3 is 5.73 Å². The van der Waals surface area contributed by atoms with E-state index in [1.165, 1.54) is 50.5 Å². The standard InChI is InChI=1S/C15H23N/c16-15(12-11-14-9-10-14)8-4-7-13-5-2-1-3-6-13/h1-3,5-6,14-15H,4,7-12,16H2. The fourth-order valence-electron chi connectivity index (χ4n) is 2.21. The minimum Gasteiger partial charge on any atom is -0.328 e. The van der Waals surface area contributed by atoms with Crippen LogP contribution in [-0.2, 0) is 6.42 Å². The fraction of sp³-hybridized carbons (Fsp3) is 0.600. The van der Waals surface area contributed by atoms with Gasteiger partial charge in [0.05, 0.1) is 0 Å². The highest BCUT2D eigenvalue weighted by atomic mass is 14.6. The number of benzene rings is 1. The van der Waals surface area contributed by atoms with Crippen molar-refractivity contribution in [3.63, 3.8) is 0 Å². The van der Waals surface area contributed by atoms with E-state index in [0.717, 1.165) is 5.92 Å². The SMILES string of the molecule is NC(CCCc1ccccc1)CCC1CC1. The van der Waals surface area contributed by atoms with Gasteiger partial charge in [0.25, 0.3) is 0 Å². The lowest BCUT2D eigenvalue weighted by molar-refractivity contribution is 0.509. The molecule has 1 aliphatic carbocycles.